The third-order valence-corrected chi connectivity index (χ3v) is 10.4. The van der Waals surface area contributed by atoms with Crippen LogP contribution in [0.3, 0.4) is 0 Å². The summed E-state index contributed by atoms with van der Waals surface area (Å²) in [6, 6.07) is 0. The van der Waals surface area contributed by atoms with Crippen LogP contribution >= 0.6 is 0 Å². The molecule has 0 aliphatic rings. The third kappa shape index (κ3) is 52.1. The van der Waals surface area contributed by atoms with E-state index in [1.165, 1.54) is 38.5 Å². The molecular weight excluding hydrogens is 829 g/mol. The molecule has 67 heavy (non-hydrogen) atoms. The minimum Gasteiger partial charge on any atom is -0.462 e. The highest BCUT2D eigenvalue weighted by Gasteiger charge is 2.19. The van der Waals surface area contributed by atoms with Gasteiger partial charge in [0, 0.05) is 19.3 Å². The maximum atomic E-state index is 12.8. The zero-order chi connectivity index (χ0) is 48.6. The number of allylic oxidation sites excluding steroid dienone is 24. The van der Waals surface area contributed by atoms with Crippen LogP contribution < -0.4 is 0 Å². The summed E-state index contributed by atoms with van der Waals surface area (Å²) in [6.07, 6.45) is 77.0. The Hall–Kier alpha value is -4.71. The lowest BCUT2D eigenvalue weighted by molar-refractivity contribution is -0.167. The molecule has 1 atom stereocenters. The molecule has 0 radical (unpaired) electrons. The molecular formula is C61H94O6. The van der Waals surface area contributed by atoms with Gasteiger partial charge >= 0.3 is 17.9 Å². The molecule has 374 valence electrons. The molecule has 6 heteroatoms. The Morgan fingerprint density at radius 1 is 0.313 bits per heavy atom. The van der Waals surface area contributed by atoms with Crippen LogP contribution in [0.15, 0.2) is 146 Å². The van der Waals surface area contributed by atoms with E-state index in [1.807, 2.05) is 36.5 Å². The van der Waals surface area contributed by atoms with Crippen molar-refractivity contribution < 1.29 is 28.6 Å². The molecule has 0 N–H and O–H groups in total. The predicted octanol–water partition coefficient (Wildman–Crippen LogP) is 17.6. The van der Waals surface area contributed by atoms with Gasteiger partial charge in [-0.2, -0.15) is 0 Å². The fourth-order valence-electron chi connectivity index (χ4n) is 6.56. The molecule has 0 spiro atoms. The van der Waals surface area contributed by atoms with Crippen LogP contribution in [0.4, 0.5) is 0 Å². The van der Waals surface area contributed by atoms with E-state index in [9.17, 15) is 14.4 Å². The summed E-state index contributed by atoms with van der Waals surface area (Å²) in [6.45, 7) is 6.16. The first-order valence-electron chi connectivity index (χ1n) is 26.4. The van der Waals surface area contributed by atoms with E-state index in [0.717, 1.165) is 116 Å². The summed E-state index contributed by atoms with van der Waals surface area (Å²) in [7, 11) is 0. The van der Waals surface area contributed by atoms with Crippen LogP contribution in [0, 0.1) is 0 Å². The van der Waals surface area contributed by atoms with Crippen molar-refractivity contribution in [1.29, 1.82) is 0 Å². The Bertz CT molecular complexity index is 1530. The Kier molecular flexibility index (Phi) is 50.1. The van der Waals surface area contributed by atoms with Crippen molar-refractivity contribution in [3.05, 3.63) is 146 Å². The van der Waals surface area contributed by atoms with Crippen LogP contribution in [0.25, 0.3) is 0 Å². The highest BCUT2D eigenvalue weighted by atomic mass is 16.6. The van der Waals surface area contributed by atoms with Crippen molar-refractivity contribution in [2.75, 3.05) is 13.2 Å². The van der Waals surface area contributed by atoms with Gasteiger partial charge < -0.3 is 14.2 Å². The first kappa shape index (κ1) is 62.3. The van der Waals surface area contributed by atoms with Gasteiger partial charge in [0.15, 0.2) is 6.10 Å². The van der Waals surface area contributed by atoms with Crippen molar-refractivity contribution >= 4 is 17.9 Å². The van der Waals surface area contributed by atoms with E-state index in [4.69, 9.17) is 14.2 Å². The lowest BCUT2D eigenvalue weighted by atomic mass is 10.1. The number of carbonyl (C=O) groups excluding carboxylic acids is 3. The molecule has 6 nitrogen and oxygen atoms in total. The molecule has 0 aromatic heterocycles. The molecule has 0 saturated heterocycles. The lowest BCUT2D eigenvalue weighted by Crippen LogP contribution is -2.30. The normalized spacial score (nSPS) is 13.3. The highest BCUT2D eigenvalue weighted by Crippen LogP contribution is 2.13. The molecule has 0 aromatic carbocycles. The van der Waals surface area contributed by atoms with E-state index in [2.05, 4.69) is 130 Å². The van der Waals surface area contributed by atoms with Crippen LogP contribution in [0.2, 0.25) is 0 Å². The maximum Gasteiger partial charge on any atom is 0.306 e. The minimum atomic E-state index is -0.832. The number of carbonyl (C=O) groups is 3. The van der Waals surface area contributed by atoms with Gasteiger partial charge in [0.05, 0.1) is 0 Å². The SMILES string of the molecule is CC/C=C/C=C/C=C/C=C/CCCCCC(=O)OCC(COC(=O)CCCCCCCCCCC/C=C/C/C=C/C/C=C/CC)OC(=O)CCC/C=C/C/C=C/C/C=C/C/C=C/C/C=C/CC. The number of ether oxygens (including phenoxy) is 3. The topological polar surface area (TPSA) is 78.9 Å². The van der Waals surface area contributed by atoms with E-state index in [0.29, 0.717) is 19.3 Å². The van der Waals surface area contributed by atoms with Gasteiger partial charge in [0.1, 0.15) is 13.2 Å². The number of hydrogen-bond donors (Lipinski definition) is 0. The predicted molar refractivity (Wildman–Crippen MR) is 288 cm³/mol. The summed E-state index contributed by atoms with van der Waals surface area (Å²) in [4.78, 5) is 38.0. The maximum absolute atomic E-state index is 12.8. The van der Waals surface area contributed by atoms with Crippen molar-refractivity contribution in [2.24, 2.45) is 0 Å². The van der Waals surface area contributed by atoms with Gasteiger partial charge in [-0.15, -0.1) is 0 Å². The van der Waals surface area contributed by atoms with Crippen molar-refractivity contribution in [1.82, 2.24) is 0 Å². The fraction of sp³-hybridized carbons (Fsp3) is 0.557. The number of esters is 3. The molecule has 0 fully saturated rings. The van der Waals surface area contributed by atoms with Gasteiger partial charge in [-0.3, -0.25) is 14.4 Å². The van der Waals surface area contributed by atoms with E-state index >= 15 is 0 Å². The standard InChI is InChI=1S/C61H94O6/c1-4-7-10-13-16-19-22-25-27-29-30-32-33-36-39-42-45-48-51-54-60(63)66-57-58(56-65-59(62)53-50-47-44-41-38-35-24-21-18-15-12-9-6-3)67-61(64)55-52-49-46-43-40-37-34-31-28-26-23-20-17-14-11-8-5-2/h7-12,15-21,24-28,34-35,37-38,43,46,58H,4-6,13-14,22-23,29-33,36,39-42,44-45,47-57H2,1-3H3/b10-7+,11-8+,12-9+,18-15+,19-16+,20-17+,24-21+,27-25+,28-26+,37-34+,38-35+,46-43+. The van der Waals surface area contributed by atoms with Crippen LogP contribution in [0.1, 0.15) is 201 Å². The van der Waals surface area contributed by atoms with E-state index in [1.54, 1.807) is 0 Å². The van der Waals surface area contributed by atoms with E-state index in [-0.39, 0.29) is 37.5 Å². The van der Waals surface area contributed by atoms with Crippen molar-refractivity contribution in [3.63, 3.8) is 0 Å². The molecule has 0 saturated carbocycles. The Morgan fingerprint density at radius 2 is 0.627 bits per heavy atom. The molecule has 0 amide bonds. The van der Waals surface area contributed by atoms with E-state index < -0.39 is 6.10 Å². The molecule has 0 heterocycles. The molecule has 0 rings (SSSR count). The van der Waals surface area contributed by atoms with Gasteiger partial charge in [0.2, 0.25) is 0 Å². The van der Waals surface area contributed by atoms with Crippen molar-refractivity contribution in [2.45, 2.75) is 207 Å². The largest absolute Gasteiger partial charge is 0.462 e. The smallest absolute Gasteiger partial charge is 0.306 e. The summed E-state index contributed by atoms with van der Waals surface area (Å²) >= 11 is 0. The quantitative estimate of drug-likeness (QED) is 0.0199. The first-order chi connectivity index (χ1) is 33.0. The zero-order valence-corrected chi connectivity index (χ0v) is 42.6. The average Bonchev–Trinajstić information content (AvgIpc) is 3.33. The molecule has 0 aliphatic heterocycles. The third-order valence-electron chi connectivity index (χ3n) is 10.4. The zero-order valence-electron chi connectivity index (χ0n) is 42.6. The second-order valence-corrected chi connectivity index (χ2v) is 16.7. The molecule has 0 aromatic rings. The highest BCUT2D eigenvalue weighted by molar-refractivity contribution is 5.71. The monoisotopic (exact) mass is 923 g/mol. The second kappa shape index (κ2) is 53.9. The van der Waals surface area contributed by atoms with Gasteiger partial charge in [-0.25, -0.2) is 0 Å². The summed E-state index contributed by atoms with van der Waals surface area (Å²) in [5.41, 5.74) is 0. The number of unbranched alkanes of at least 4 members (excludes halogenated alkanes) is 13. The minimum absolute atomic E-state index is 0.123. The summed E-state index contributed by atoms with van der Waals surface area (Å²) in [5, 5.41) is 0. The Morgan fingerprint density at radius 3 is 1.07 bits per heavy atom. The molecule has 1 unspecified atom stereocenters. The fourth-order valence-corrected chi connectivity index (χ4v) is 6.56. The average molecular weight is 923 g/mol. The van der Waals surface area contributed by atoms with Crippen LogP contribution in [-0.2, 0) is 28.6 Å². The molecule has 0 bridgehead atoms. The van der Waals surface area contributed by atoms with Crippen molar-refractivity contribution in [3.8, 4) is 0 Å². The van der Waals surface area contributed by atoms with Crippen LogP contribution in [-0.4, -0.2) is 37.2 Å². The van der Waals surface area contributed by atoms with Gasteiger partial charge in [-0.05, 0) is 109 Å². The lowest BCUT2D eigenvalue weighted by Gasteiger charge is -2.18. The molecule has 0 aliphatic carbocycles. The van der Waals surface area contributed by atoms with Gasteiger partial charge in [-0.1, -0.05) is 218 Å². The second-order valence-electron chi connectivity index (χ2n) is 16.7. The summed E-state index contributed by atoms with van der Waals surface area (Å²) in [5.74, 6) is -1.04. The Balaban J connectivity index is 4.54. The summed E-state index contributed by atoms with van der Waals surface area (Å²) < 4.78 is 16.7. The Labute approximate surface area is 410 Å². The van der Waals surface area contributed by atoms with Gasteiger partial charge in [0.25, 0.3) is 0 Å². The number of rotatable bonds is 45. The van der Waals surface area contributed by atoms with Crippen LogP contribution in [0.5, 0.6) is 0 Å². The first-order valence-corrected chi connectivity index (χ1v) is 26.4. The number of hydrogen-bond acceptors (Lipinski definition) is 6.